The molecule has 1 saturated carbocycles. The maximum absolute atomic E-state index is 4.36. The summed E-state index contributed by atoms with van der Waals surface area (Å²) >= 11 is 0. The fourth-order valence-corrected chi connectivity index (χ4v) is 2.86. The summed E-state index contributed by atoms with van der Waals surface area (Å²) in [5, 5.41) is 7.13. The molecule has 0 aromatic rings. The number of nitrogens with one attached hydrogen (secondary N) is 2. The highest BCUT2D eigenvalue weighted by atomic mass is 15.2. The molecule has 2 N–H and O–H groups in total. The van der Waals surface area contributed by atoms with Crippen LogP contribution in [0.15, 0.2) is 4.99 Å². The molecule has 4 heteroatoms. The van der Waals surface area contributed by atoms with E-state index in [0.717, 1.165) is 5.96 Å². The second kappa shape index (κ2) is 6.12. The van der Waals surface area contributed by atoms with Gasteiger partial charge in [-0.15, -0.1) is 0 Å². The first-order valence-electron chi connectivity index (χ1n) is 7.77. The van der Waals surface area contributed by atoms with Gasteiger partial charge in [0.25, 0.3) is 0 Å². The highest BCUT2D eigenvalue weighted by Gasteiger charge is 2.46. The molecule has 1 saturated heterocycles. The van der Waals surface area contributed by atoms with Crippen LogP contribution in [0, 0.1) is 5.41 Å². The SMILES string of the molecule is CCCN1CCC(NC(=NC)NC2CC2(C)C)CC1. The van der Waals surface area contributed by atoms with Crippen LogP contribution < -0.4 is 10.6 Å². The summed E-state index contributed by atoms with van der Waals surface area (Å²) < 4.78 is 0. The summed E-state index contributed by atoms with van der Waals surface area (Å²) in [6, 6.07) is 1.18. The summed E-state index contributed by atoms with van der Waals surface area (Å²) in [4.78, 5) is 6.93. The maximum atomic E-state index is 4.36. The molecule has 1 aliphatic heterocycles. The van der Waals surface area contributed by atoms with Crippen LogP contribution in [0.3, 0.4) is 0 Å². The van der Waals surface area contributed by atoms with Crippen molar-refractivity contribution in [3.63, 3.8) is 0 Å². The first kappa shape index (κ1) is 14.6. The van der Waals surface area contributed by atoms with Crippen LogP contribution in [0.1, 0.15) is 46.5 Å². The van der Waals surface area contributed by atoms with E-state index in [4.69, 9.17) is 0 Å². The monoisotopic (exact) mass is 266 g/mol. The normalized spacial score (nSPS) is 28.2. The molecule has 0 amide bonds. The molecule has 2 aliphatic rings. The fraction of sp³-hybridized carbons (Fsp3) is 0.933. The van der Waals surface area contributed by atoms with E-state index in [1.165, 1.54) is 45.3 Å². The molecule has 1 atom stereocenters. The Labute approximate surface area is 118 Å². The average molecular weight is 266 g/mol. The minimum Gasteiger partial charge on any atom is -0.354 e. The summed E-state index contributed by atoms with van der Waals surface area (Å²) in [7, 11) is 1.87. The van der Waals surface area contributed by atoms with Crippen LogP contribution in [-0.4, -0.2) is 49.6 Å². The van der Waals surface area contributed by atoms with Crippen LogP contribution >= 0.6 is 0 Å². The van der Waals surface area contributed by atoms with E-state index >= 15 is 0 Å². The Morgan fingerprint density at radius 3 is 2.37 bits per heavy atom. The summed E-state index contributed by atoms with van der Waals surface area (Å²) in [5.74, 6) is 0.990. The number of hydrogen-bond acceptors (Lipinski definition) is 2. The quantitative estimate of drug-likeness (QED) is 0.602. The molecule has 19 heavy (non-hydrogen) atoms. The van der Waals surface area contributed by atoms with Crippen molar-refractivity contribution in [1.82, 2.24) is 15.5 Å². The molecular weight excluding hydrogens is 236 g/mol. The van der Waals surface area contributed by atoms with Gasteiger partial charge in [0, 0.05) is 32.2 Å². The Kier molecular flexibility index (Phi) is 4.71. The Morgan fingerprint density at radius 1 is 1.26 bits per heavy atom. The number of rotatable bonds is 4. The van der Waals surface area contributed by atoms with Gasteiger partial charge < -0.3 is 15.5 Å². The van der Waals surface area contributed by atoms with Gasteiger partial charge in [-0.05, 0) is 37.6 Å². The van der Waals surface area contributed by atoms with E-state index in [1.807, 2.05) is 7.05 Å². The predicted octanol–water partition coefficient (Wildman–Crippen LogP) is 1.82. The van der Waals surface area contributed by atoms with Crippen LogP contribution in [0.5, 0.6) is 0 Å². The summed E-state index contributed by atoms with van der Waals surface area (Å²) in [6.45, 7) is 10.6. The number of aliphatic imine (C=N–C) groups is 1. The van der Waals surface area contributed by atoms with Gasteiger partial charge in [-0.1, -0.05) is 20.8 Å². The molecule has 0 aromatic carbocycles. The molecule has 4 nitrogen and oxygen atoms in total. The second-order valence-corrected chi connectivity index (χ2v) is 6.72. The lowest BCUT2D eigenvalue weighted by Crippen LogP contribution is -2.49. The van der Waals surface area contributed by atoms with Gasteiger partial charge in [-0.2, -0.15) is 0 Å². The van der Waals surface area contributed by atoms with E-state index in [1.54, 1.807) is 0 Å². The second-order valence-electron chi connectivity index (χ2n) is 6.72. The van der Waals surface area contributed by atoms with Gasteiger partial charge >= 0.3 is 0 Å². The maximum Gasteiger partial charge on any atom is 0.191 e. The number of nitrogens with zero attached hydrogens (tertiary/aromatic N) is 2. The zero-order valence-electron chi connectivity index (χ0n) is 13.0. The number of likely N-dealkylation sites (tertiary alicyclic amines) is 1. The number of guanidine groups is 1. The number of hydrogen-bond donors (Lipinski definition) is 2. The van der Waals surface area contributed by atoms with Crippen molar-refractivity contribution < 1.29 is 0 Å². The van der Waals surface area contributed by atoms with Crippen LogP contribution in [0.25, 0.3) is 0 Å². The van der Waals surface area contributed by atoms with Crippen molar-refractivity contribution in [3.05, 3.63) is 0 Å². The van der Waals surface area contributed by atoms with Gasteiger partial charge in [0.1, 0.15) is 0 Å². The van der Waals surface area contributed by atoms with E-state index in [2.05, 4.69) is 41.3 Å². The molecule has 1 aliphatic carbocycles. The van der Waals surface area contributed by atoms with Crippen LogP contribution in [0.2, 0.25) is 0 Å². The standard InChI is InChI=1S/C15H30N4/c1-5-8-19-9-6-12(7-10-19)17-14(16-4)18-13-11-15(13,2)3/h12-13H,5-11H2,1-4H3,(H2,16,17,18). The molecule has 2 fully saturated rings. The van der Waals surface area contributed by atoms with Crippen molar-refractivity contribution in [2.45, 2.75) is 58.5 Å². The molecular formula is C15H30N4. The lowest BCUT2D eigenvalue weighted by molar-refractivity contribution is 0.206. The topological polar surface area (TPSA) is 39.7 Å². The van der Waals surface area contributed by atoms with E-state index in [-0.39, 0.29) is 0 Å². The van der Waals surface area contributed by atoms with E-state index in [0.29, 0.717) is 17.5 Å². The fourth-order valence-electron chi connectivity index (χ4n) is 2.86. The minimum absolute atomic E-state index is 0.447. The van der Waals surface area contributed by atoms with E-state index < -0.39 is 0 Å². The summed E-state index contributed by atoms with van der Waals surface area (Å²) in [5.41, 5.74) is 0.447. The van der Waals surface area contributed by atoms with Crippen molar-refractivity contribution in [2.24, 2.45) is 10.4 Å². The zero-order chi connectivity index (χ0) is 13.9. The smallest absolute Gasteiger partial charge is 0.191 e. The van der Waals surface area contributed by atoms with Crippen LogP contribution in [-0.2, 0) is 0 Å². The highest BCUT2D eigenvalue weighted by molar-refractivity contribution is 5.80. The predicted molar refractivity (Wildman–Crippen MR) is 81.6 cm³/mol. The van der Waals surface area contributed by atoms with Gasteiger partial charge in [-0.25, -0.2) is 0 Å². The molecule has 0 aromatic heterocycles. The van der Waals surface area contributed by atoms with Crippen molar-refractivity contribution in [1.29, 1.82) is 0 Å². The largest absolute Gasteiger partial charge is 0.354 e. The number of piperidine rings is 1. The van der Waals surface area contributed by atoms with Gasteiger partial charge in [0.05, 0.1) is 0 Å². The zero-order valence-corrected chi connectivity index (χ0v) is 13.0. The molecule has 1 heterocycles. The first-order valence-corrected chi connectivity index (χ1v) is 7.77. The third kappa shape index (κ3) is 4.10. The van der Waals surface area contributed by atoms with Crippen molar-refractivity contribution >= 4 is 5.96 Å². The average Bonchev–Trinajstić information content (AvgIpc) is 2.98. The lowest BCUT2D eigenvalue weighted by atomic mass is 10.1. The molecule has 0 radical (unpaired) electrons. The Bertz CT molecular complexity index is 316. The Hall–Kier alpha value is -0.770. The summed E-state index contributed by atoms with van der Waals surface area (Å²) in [6.07, 6.45) is 4.98. The highest BCUT2D eigenvalue weighted by Crippen LogP contribution is 2.44. The van der Waals surface area contributed by atoms with Gasteiger partial charge in [-0.3, -0.25) is 4.99 Å². The van der Waals surface area contributed by atoms with Crippen molar-refractivity contribution in [2.75, 3.05) is 26.7 Å². The van der Waals surface area contributed by atoms with Gasteiger partial charge in [0.2, 0.25) is 0 Å². The van der Waals surface area contributed by atoms with Crippen molar-refractivity contribution in [3.8, 4) is 0 Å². The van der Waals surface area contributed by atoms with Crippen LogP contribution in [0.4, 0.5) is 0 Å². The molecule has 0 bridgehead atoms. The van der Waals surface area contributed by atoms with E-state index in [9.17, 15) is 0 Å². The first-order chi connectivity index (χ1) is 9.05. The molecule has 0 spiro atoms. The third-order valence-corrected chi connectivity index (χ3v) is 4.52. The molecule has 2 rings (SSSR count). The minimum atomic E-state index is 0.447. The van der Waals surface area contributed by atoms with Gasteiger partial charge in [0.15, 0.2) is 5.96 Å². The molecule has 1 unspecified atom stereocenters. The molecule has 110 valence electrons. The Balaban J connectivity index is 1.72. The third-order valence-electron chi connectivity index (χ3n) is 4.52. The lowest BCUT2D eigenvalue weighted by Gasteiger charge is -2.32. The Morgan fingerprint density at radius 2 is 1.89 bits per heavy atom.